The molecule has 1 unspecified atom stereocenters. The van der Waals surface area contributed by atoms with Gasteiger partial charge in [-0.15, -0.1) is 6.58 Å². The summed E-state index contributed by atoms with van der Waals surface area (Å²) in [5, 5.41) is 18.8. The number of rotatable bonds is 16. The molecule has 1 atom stereocenters. The van der Waals surface area contributed by atoms with Crippen molar-refractivity contribution in [1.29, 1.82) is 0 Å². The summed E-state index contributed by atoms with van der Waals surface area (Å²) in [6.45, 7) is 6.71. The molecule has 1 aromatic rings. The van der Waals surface area contributed by atoms with Crippen LogP contribution in [0.15, 0.2) is 48.9 Å². The zero-order valence-corrected chi connectivity index (χ0v) is 16.7. The van der Waals surface area contributed by atoms with Gasteiger partial charge in [-0.3, -0.25) is 0 Å². The van der Waals surface area contributed by atoms with Crippen LogP contribution < -0.4 is 4.74 Å². The number of benzene rings is 1. The smallest absolute Gasteiger partial charge is 0.135 e. The maximum absolute atomic E-state index is 9.75. The Bertz CT molecular complexity index is 522. The number of aryl methyl sites for hydroxylation is 1. The zero-order chi connectivity index (χ0) is 19.7. The molecule has 0 spiro atoms. The average Bonchev–Trinajstić information content (AvgIpc) is 2.70. The Balaban J connectivity index is 2.32. The lowest BCUT2D eigenvalue weighted by Crippen LogP contribution is -2.20. The summed E-state index contributed by atoms with van der Waals surface area (Å²) in [5.74, 6) is 0.190. The molecule has 0 aliphatic rings. The third-order valence-electron chi connectivity index (χ3n) is 4.55. The van der Waals surface area contributed by atoms with Crippen molar-refractivity contribution >= 4 is 0 Å². The van der Waals surface area contributed by atoms with Crippen LogP contribution in [0.5, 0.6) is 5.75 Å². The van der Waals surface area contributed by atoms with E-state index >= 15 is 0 Å². The molecule has 0 fully saturated rings. The van der Waals surface area contributed by atoms with E-state index in [-0.39, 0.29) is 19.0 Å². The van der Waals surface area contributed by atoms with Crippen molar-refractivity contribution in [3.05, 3.63) is 54.5 Å². The maximum Gasteiger partial charge on any atom is 0.135 e. The minimum atomic E-state index is -0.415. The third-order valence-corrected chi connectivity index (χ3v) is 4.55. The maximum atomic E-state index is 9.75. The Morgan fingerprint density at radius 3 is 2.33 bits per heavy atom. The SMILES string of the molecule is C=CCOCC(COc1ccc(CCCCCCCCC)cc1)/C(O)=C/O. The molecule has 152 valence electrons. The molecule has 0 amide bonds. The van der Waals surface area contributed by atoms with Crippen molar-refractivity contribution in [3.63, 3.8) is 0 Å². The Hall–Kier alpha value is -1.94. The summed E-state index contributed by atoms with van der Waals surface area (Å²) in [4.78, 5) is 0. The van der Waals surface area contributed by atoms with Crippen LogP contribution in [0.25, 0.3) is 0 Å². The van der Waals surface area contributed by atoms with Gasteiger partial charge in [-0.05, 0) is 30.5 Å². The molecule has 4 nitrogen and oxygen atoms in total. The van der Waals surface area contributed by atoms with E-state index in [2.05, 4.69) is 25.6 Å². The molecule has 0 aromatic heterocycles. The Morgan fingerprint density at radius 2 is 1.70 bits per heavy atom. The van der Waals surface area contributed by atoms with E-state index in [1.807, 2.05) is 12.1 Å². The normalized spacial score (nSPS) is 12.7. The van der Waals surface area contributed by atoms with Gasteiger partial charge < -0.3 is 19.7 Å². The fourth-order valence-electron chi connectivity index (χ4n) is 2.85. The van der Waals surface area contributed by atoms with Gasteiger partial charge >= 0.3 is 0 Å². The molecule has 0 saturated carbocycles. The number of aliphatic hydroxyl groups excluding tert-OH is 2. The summed E-state index contributed by atoms with van der Waals surface area (Å²) in [6.07, 6.45) is 12.7. The lowest BCUT2D eigenvalue weighted by Gasteiger charge is -2.16. The van der Waals surface area contributed by atoms with Gasteiger partial charge in [-0.1, -0.05) is 63.7 Å². The minimum Gasteiger partial charge on any atom is -0.512 e. The van der Waals surface area contributed by atoms with Crippen molar-refractivity contribution < 1.29 is 19.7 Å². The first-order valence-corrected chi connectivity index (χ1v) is 10.1. The highest BCUT2D eigenvalue weighted by molar-refractivity contribution is 5.27. The van der Waals surface area contributed by atoms with Gasteiger partial charge in [0, 0.05) is 0 Å². The van der Waals surface area contributed by atoms with Crippen LogP contribution in [-0.4, -0.2) is 30.0 Å². The number of aliphatic hydroxyl groups is 2. The predicted molar refractivity (Wildman–Crippen MR) is 111 cm³/mol. The van der Waals surface area contributed by atoms with E-state index < -0.39 is 5.92 Å². The Labute approximate surface area is 164 Å². The molecule has 0 saturated heterocycles. The fraction of sp³-hybridized carbons (Fsp3) is 0.565. The number of hydrogen-bond donors (Lipinski definition) is 2. The van der Waals surface area contributed by atoms with Gasteiger partial charge in [-0.2, -0.15) is 0 Å². The van der Waals surface area contributed by atoms with Crippen LogP contribution in [0.4, 0.5) is 0 Å². The third kappa shape index (κ3) is 10.7. The molecule has 27 heavy (non-hydrogen) atoms. The van der Waals surface area contributed by atoms with E-state index in [4.69, 9.17) is 14.6 Å². The summed E-state index contributed by atoms with van der Waals surface area (Å²) in [6, 6.07) is 8.10. The van der Waals surface area contributed by atoms with Crippen LogP contribution in [0.1, 0.15) is 57.4 Å². The van der Waals surface area contributed by atoms with Crippen molar-refractivity contribution in [2.24, 2.45) is 5.92 Å². The second-order valence-electron chi connectivity index (χ2n) is 6.90. The molecule has 0 heterocycles. The molecule has 2 N–H and O–H groups in total. The van der Waals surface area contributed by atoms with E-state index in [0.29, 0.717) is 12.9 Å². The summed E-state index contributed by atoms with van der Waals surface area (Å²) < 4.78 is 11.1. The van der Waals surface area contributed by atoms with Crippen LogP contribution in [0, 0.1) is 5.92 Å². The molecule has 1 rings (SSSR count). The summed E-state index contributed by atoms with van der Waals surface area (Å²) >= 11 is 0. The monoisotopic (exact) mass is 376 g/mol. The van der Waals surface area contributed by atoms with Crippen molar-refractivity contribution in [1.82, 2.24) is 0 Å². The summed E-state index contributed by atoms with van der Waals surface area (Å²) in [7, 11) is 0. The molecule has 0 radical (unpaired) electrons. The highest BCUT2D eigenvalue weighted by Crippen LogP contribution is 2.17. The zero-order valence-electron chi connectivity index (χ0n) is 16.7. The molecule has 1 aromatic carbocycles. The van der Waals surface area contributed by atoms with Crippen LogP contribution in [0.2, 0.25) is 0 Å². The van der Waals surface area contributed by atoms with Gasteiger partial charge in [0.2, 0.25) is 0 Å². The largest absolute Gasteiger partial charge is 0.512 e. The van der Waals surface area contributed by atoms with Gasteiger partial charge in [0.25, 0.3) is 0 Å². The molecule has 0 aliphatic carbocycles. The molecule has 0 bridgehead atoms. The molecular weight excluding hydrogens is 340 g/mol. The van der Waals surface area contributed by atoms with E-state index in [1.165, 1.54) is 50.5 Å². The second-order valence-corrected chi connectivity index (χ2v) is 6.90. The lowest BCUT2D eigenvalue weighted by molar-refractivity contribution is 0.0888. The van der Waals surface area contributed by atoms with Crippen molar-refractivity contribution in [3.8, 4) is 5.75 Å². The number of hydrogen-bond acceptors (Lipinski definition) is 4. The average molecular weight is 377 g/mol. The molecule has 0 aliphatic heterocycles. The van der Waals surface area contributed by atoms with E-state index in [9.17, 15) is 5.11 Å². The topological polar surface area (TPSA) is 58.9 Å². The predicted octanol–water partition coefficient (Wildman–Crippen LogP) is 6.13. The molecule has 4 heteroatoms. The Morgan fingerprint density at radius 1 is 1.04 bits per heavy atom. The van der Waals surface area contributed by atoms with E-state index in [0.717, 1.165) is 12.2 Å². The van der Waals surface area contributed by atoms with Gasteiger partial charge in [0.1, 0.15) is 24.4 Å². The first-order valence-electron chi connectivity index (χ1n) is 10.1. The molecular formula is C23H36O4. The quantitative estimate of drug-likeness (QED) is 0.207. The van der Waals surface area contributed by atoms with Crippen molar-refractivity contribution in [2.75, 3.05) is 19.8 Å². The summed E-state index contributed by atoms with van der Waals surface area (Å²) in [5.41, 5.74) is 1.32. The fourth-order valence-corrected chi connectivity index (χ4v) is 2.85. The number of unbranched alkanes of at least 4 members (excludes halogenated alkanes) is 6. The highest BCUT2D eigenvalue weighted by atomic mass is 16.5. The first-order chi connectivity index (χ1) is 13.2. The minimum absolute atomic E-state index is 0.144. The van der Waals surface area contributed by atoms with Crippen molar-refractivity contribution in [2.45, 2.75) is 58.3 Å². The van der Waals surface area contributed by atoms with E-state index in [1.54, 1.807) is 6.08 Å². The number of ether oxygens (including phenoxy) is 2. The van der Waals surface area contributed by atoms with Gasteiger partial charge in [0.05, 0.1) is 19.1 Å². The first kappa shape index (κ1) is 23.1. The van der Waals surface area contributed by atoms with Gasteiger partial charge in [-0.25, -0.2) is 0 Å². The Kier molecular flexibility index (Phi) is 13.0. The van der Waals surface area contributed by atoms with Gasteiger partial charge in [0.15, 0.2) is 0 Å². The standard InChI is InChI=1S/C23H36O4/c1-3-5-6-7-8-9-10-11-20-12-14-22(15-13-20)27-19-21(23(25)17-24)18-26-16-4-2/h4,12-15,17,21,24-25H,2-3,5-11,16,18-19H2,1H3/b23-17-. The second kappa shape index (κ2) is 15.2. The van der Waals surface area contributed by atoms with Crippen LogP contribution >= 0.6 is 0 Å². The van der Waals surface area contributed by atoms with Crippen LogP contribution in [0.3, 0.4) is 0 Å². The lowest BCUT2D eigenvalue weighted by atomic mass is 10.0. The van der Waals surface area contributed by atoms with Crippen LogP contribution in [-0.2, 0) is 11.2 Å². The highest BCUT2D eigenvalue weighted by Gasteiger charge is 2.15.